The van der Waals surface area contributed by atoms with Crippen molar-refractivity contribution in [2.75, 3.05) is 10.5 Å². The summed E-state index contributed by atoms with van der Waals surface area (Å²) in [5.41, 5.74) is 0.0757. The van der Waals surface area contributed by atoms with Crippen LogP contribution in [-0.2, 0) is 10.0 Å². The van der Waals surface area contributed by atoms with E-state index in [-0.39, 0.29) is 17.0 Å². The summed E-state index contributed by atoms with van der Waals surface area (Å²) in [6.45, 7) is 2.97. The Labute approximate surface area is 99.9 Å². The van der Waals surface area contributed by atoms with Gasteiger partial charge in [-0.15, -0.1) is 0 Å². The van der Waals surface area contributed by atoms with E-state index in [0.29, 0.717) is 6.42 Å². The van der Waals surface area contributed by atoms with Gasteiger partial charge in [-0.2, -0.15) is 0 Å². The molecule has 0 unspecified atom stereocenters. The van der Waals surface area contributed by atoms with E-state index in [1.165, 1.54) is 19.1 Å². The van der Waals surface area contributed by atoms with Crippen molar-refractivity contribution >= 4 is 21.5 Å². The van der Waals surface area contributed by atoms with Crippen molar-refractivity contribution in [3.8, 4) is 0 Å². The number of hydrogen-bond donors (Lipinski definition) is 1. The first-order valence-corrected chi connectivity index (χ1v) is 6.82. The summed E-state index contributed by atoms with van der Waals surface area (Å²) in [5.74, 6) is -1.12. The van der Waals surface area contributed by atoms with Crippen LogP contribution in [0.5, 0.6) is 0 Å². The molecule has 1 aromatic rings. The SMILES string of the molecule is CCCS(=O)(=O)Nc1ccc(F)c(C(C)=O)c1. The van der Waals surface area contributed by atoms with Gasteiger partial charge < -0.3 is 0 Å². The fraction of sp³-hybridized carbons (Fsp3) is 0.364. The second-order valence-corrected chi connectivity index (χ2v) is 5.51. The van der Waals surface area contributed by atoms with Crippen LogP contribution in [0.4, 0.5) is 10.1 Å². The van der Waals surface area contributed by atoms with Crippen molar-refractivity contribution in [3.05, 3.63) is 29.6 Å². The number of nitrogens with one attached hydrogen (secondary N) is 1. The van der Waals surface area contributed by atoms with Gasteiger partial charge in [0.2, 0.25) is 10.0 Å². The smallest absolute Gasteiger partial charge is 0.232 e. The number of anilines is 1. The Morgan fingerprint density at radius 2 is 2.06 bits per heavy atom. The number of rotatable bonds is 5. The third-order valence-corrected chi connectivity index (χ3v) is 3.58. The van der Waals surface area contributed by atoms with Gasteiger partial charge in [0, 0.05) is 5.69 Å². The summed E-state index contributed by atoms with van der Waals surface area (Å²) >= 11 is 0. The van der Waals surface area contributed by atoms with Crippen molar-refractivity contribution in [2.24, 2.45) is 0 Å². The first-order valence-electron chi connectivity index (χ1n) is 5.16. The van der Waals surface area contributed by atoms with E-state index in [9.17, 15) is 17.6 Å². The van der Waals surface area contributed by atoms with Crippen LogP contribution in [0, 0.1) is 5.82 Å². The Hall–Kier alpha value is -1.43. The van der Waals surface area contributed by atoms with Gasteiger partial charge in [0.1, 0.15) is 5.82 Å². The number of sulfonamides is 1. The molecule has 1 N–H and O–H groups in total. The van der Waals surface area contributed by atoms with E-state index in [2.05, 4.69) is 4.72 Å². The lowest BCUT2D eigenvalue weighted by molar-refractivity contribution is 0.101. The molecule has 0 saturated carbocycles. The summed E-state index contributed by atoms with van der Waals surface area (Å²) in [6.07, 6.45) is 0.482. The van der Waals surface area contributed by atoms with E-state index in [0.717, 1.165) is 6.07 Å². The normalized spacial score (nSPS) is 11.2. The Balaban J connectivity index is 3.02. The predicted molar refractivity (Wildman–Crippen MR) is 64.1 cm³/mol. The molecule has 0 fully saturated rings. The lowest BCUT2D eigenvalue weighted by Crippen LogP contribution is -2.16. The molecule has 0 aliphatic rings. The largest absolute Gasteiger partial charge is 0.294 e. The molecule has 0 atom stereocenters. The van der Waals surface area contributed by atoms with Crippen LogP contribution in [0.15, 0.2) is 18.2 Å². The molecule has 1 aromatic carbocycles. The lowest BCUT2D eigenvalue weighted by atomic mass is 10.1. The van der Waals surface area contributed by atoms with Gasteiger partial charge in [0.25, 0.3) is 0 Å². The molecule has 0 amide bonds. The molecule has 0 bridgehead atoms. The van der Waals surface area contributed by atoms with Crippen LogP contribution in [0.25, 0.3) is 0 Å². The number of Topliss-reactive ketones (excluding diaryl/α,β-unsaturated/α-hetero) is 1. The molecule has 4 nitrogen and oxygen atoms in total. The standard InChI is InChI=1S/C11H14FNO3S/c1-3-6-17(15,16)13-9-4-5-11(12)10(7-9)8(2)14/h4-5,7,13H,3,6H2,1-2H3. The zero-order valence-corrected chi connectivity index (χ0v) is 10.5. The fourth-order valence-corrected chi connectivity index (χ4v) is 2.48. The van der Waals surface area contributed by atoms with Crippen LogP contribution in [0.3, 0.4) is 0 Å². The molecule has 0 aliphatic carbocycles. The fourth-order valence-electron chi connectivity index (χ4n) is 1.36. The predicted octanol–water partition coefficient (Wildman–Crippen LogP) is 2.18. The second kappa shape index (κ2) is 5.27. The van der Waals surface area contributed by atoms with Gasteiger partial charge >= 0.3 is 0 Å². The van der Waals surface area contributed by atoms with Crippen molar-refractivity contribution in [1.29, 1.82) is 0 Å². The van der Waals surface area contributed by atoms with Crippen LogP contribution >= 0.6 is 0 Å². The van der Waals surface area contributed by atoms with Crippen molar-refractivity contribution in [1.82, 2.24) is 0 Å². The highest BCUT2D eigenvalue weighted by atomic mass is 32.2. The quantitative estimate of drug-likeness (QED) is 0.824. The number of carbonyl (C=O) groups excluding carboxylic acids is 1. The zero-order chi connectivity index (χ0) is 13.1. The Morgan fingerprint density at radius 3 is 2.59 bits per heavy atom. The summed E-state index contributed by atoms with van der Waals surface area (Å²) in [5, 5.41) is 0. The molecule has 0 aliphatic heterocycles. The van der Waals surface area contributed by atoms with E-state index in [1.807, 2.05) is 0 Å². The number of ketones is 1. The highest BCUT2D eigenvalue weighted by molar-refractivity contribution is 7.92. The topological polar surface area (TPSA) is 63.2 Å². The maximum absolute atomic E-state index is 13.2. The van der Waals surface area contributed by atoms with E-state index < -0.39 is 21.6 Å². The third-order valence-electron chi connectivity index (χ3n) is 2.09. The summed E-state index contributed by atoms with van der Waals surface area (Å²) < 4.78 is 38.5. The minimum atomic E-state index is -3.42. The molecular formula is C11H14FNO3S. The average Bonchev–Trinajstić information content (AvgIpc) is 2.20. The highest BCUT2D eigenvalue weighted by Gasteiger charge is 2.12. The Kier molecular flexibility index (Phi) is 4.22. The minimum absolute atomic E-state index is 0.0141. The molecule has 0 aromatic heterocycles. The Morgan fingerprint density at radius 1 is 1.41 bits per heavy atom. The van der Waals surface area contributed by atoms with Crippen molar-refractivity contribution in [2.45, 2.75) is 20.3 Å². The maximum atomic E-state index is 13.2. The molecule has 0 saturated heterocycles. The molecule has 1 rings (SSSR count). The maximum Gasteiger partial charge on any atom is 0.232 e. The highest BCUT2D eigenvalue weighted by Crippen LogP contribution is 2.16. The summed E-state index contributed by atoms with van der Waals surface area (Å²) in [4.78, 5) is 11.1. The number of halogens is 1. The van der Waals surface area contributed by atoms with Gasteiger partial charge in [-0.25, -0.2) is 12.8 Å². The molecule has 6 heteroatoms. The van der Waals surface area contributed by atoms with Gasteiger partial charge in [-0.05, 0) is 31.5 Å². The summed E-state index contributed by atoms with van der Waals surface area (Å²) in [7, 11) is -3.42. The monoisotopic (exact) mass is 259 g/mol. The van der Waals surface area contributed by atoms with E-state index in [4.69, 9.17) is 0 Å². The van der Waals surface area contributed by atoms with Crippen LogP contribution in [-0.4, -0.2) is 20.0 Å². The van der Waals surface area contributed by atoms with Gasteiger partial charge in [-0.3, -0.25) is 9.52 Å². The molecule has 0 radical (unpaired) electrons. The van der Waals surface area contributed by atoms with Gasteiger partial charge in [0.15, 0.2) is 5.78 Å². The molecule has 17 heavy (non-hydrogen) atoms. The van der Waals surface area contributed by atoms with Crippen LogP contribution < -0.4 is 4.72 Å². The van der Waals surface area contributed by atoms with E-state index in [1.54, 1.807) is 6.92 Å². The zero-order valence-electron chi connectivity index (χ0n) is 9.66. The second-order valence-electron chi connectivity index (χ2n) is 3.67. The van der Waals surface area contributed by atoms with E-state index >= 15 is 0 Å². The van der Waals surface area contributed by atoms with Crippen molar-refractivity contribution in [3.63, 3.8) is 0 Å². The Bertz CT molecular complexity index is 526. The first-order chi connectivity index (χ1) is 7.85. The first kappa shape index (κ1) is 13.6. The number of carbonyl (C=O) groups is 1. The summed E-state index contributed by atoms with van der Waals surface area (Å²) in [6, 6.07) is 3.56. The van der Waals surface area contributed by atoms with Gasteiger partial charge in [0.05, 0.1) is 11.3 Å². The lowest BCUT2D eigenvalue weighted by Gasteiger charge is -2.08. The average molecular weight is 259 g/mol. The molecule has 0 spiro atoms. The number of hydrogen-bond acceptors (Lipinski definition) is 3. The van der Waals surface area contributed by atoms with Gasteiger partial charge in [-0.1, -0.05) is 6.92 Å². The van der Waals surface area contributed by atoms with Crippen LogP contribution in [0.1, 0.15) is 30.6 Å². The number of benzene rings is 1. The van der Waals surface area contributed by atoms with Crippen LogP contribution in [0.2, 0.25) is 0 Å². The molecular weight excluding hydrogens is 245 g/mol. The molecule has 94 valence electrons. The molecule has 0 heterocycles. The minimum Gasteiger partial charge on any atom is -0.294 e. The van der Waals surface area contributed by atoms with Crippen molar-refractivity contribution < 1.29 is 17.6 Å². The third kappa shape index (κ3) is 3.81.